The van der Waals surface area contributed by atoms with Crippen LogP contribution in [0.15, 0.2) is 36.5 Å². The summed E-state index contributed by atoms with van der Waals surface area (Å²) < 4.78 is 6.59. The number of carbonyl (C=O) groups excluding carboxylic acids is 3. The fourth-order valence-corrected chi connectivity index (χ4v) is 3.45. The standard InChI is InChI=1S/C22H27N3O4/c1-16(26)17-13-20(24(2)14-17)22(28)29-15-21(27)23-18-7-9-19(10-8-18)25-11-5-3-4-6-12-25/h7-10,13-14H,3-6,11-12,15H2,1-2H3,(H,23,27). The number of aryl methyl sites for hydroxylation is 1. The number of ether oxygens (including phenoxy) is 1. The van der Waals surface area contributed by atoms with Gasteiger partial charge < -0.3 is 19.5 Å². The molecule has 1 N–H and O–H groups in total. The Balaban J connectivity index is 1.51. The van der Waals surface area contributed by atoms with E-state index in [9.17, 15) is 14.4 Å². The van der Waals surface area contributed by atoms with Gasteiger partial charge in [-0.25, -0.2) is 4.79 Å². The highest BCUT2D eigenvalue weighted by atomic mass is 16.5. The molecule has 7 heteroatoms. The van der Waals surface area contributed by atoms with Crippen molar-refractivity contribution >= 4 is 29.0 Å². The lowest BCUT2D eigenvalue weighted by atomic mass is 10.2. The first-order valence-electron chi connectivity index (χ1n) is 9.93. The third-order valence-corrected chi connectivity index (χ3v) is 5.08. The molecule has 0 atom stereocenters. The smallest absolute Gasteiger partial charge is 0.355 e. The van der Waals surface area contributed by atoms with Gasteiger partial charge in [0.25, 0.3) is 5.91 Å². The SMILES string of the molecule is CC(=O)c1cc(C(=O)OCC(=O)Nc2ccc(N3CCCCCC3)cc2)n(C)c1. The second-order valence-electron chi connectivity index (χ2n) is 7.35. The van der Waals surface area contributed by atoms with Crippen LogP contribution in [0.25, 0.3) is 0 Å². The van der Waals surface area contributed by atoms with E-state index in [1.807, 2.05) is 24.3 Å². The monoisotopic (exact) mass is 397 g/mol. The third-order valence-electron chi connectivity index (χ3n) is 5.08. The van der Waals surface area contributed by atoms with E-state index in [0.717, 1.165) is 18.8 Å². The van der Waals surface area contributed by atoms with E-state index >= 15 is 0 Å². The van der Waals surface area contributed by atoms with Gasteiger partial charge in [-0.05, 0) is 50.1 Å². The average Bonchev–Trinajstić information content (AvgIpc) is 2.91. The minimum absolute atomic E-state index is 0.138. The Morgan fingerprint density at radius 3 is 2.28 bits per heavy atom. The topological polar surface area (TPSA) is 80.6 Å². The fraction of sp³-hybridized carbons (Fsp3) is 0.409. The molecule has 29 heavy (non-hydrogen) atoms. The Bertz CT molecular complexity index is 878. The van der Waals surface area contributed by atoms with Crippen LogP contribution in [0.2, 0.25) is 0 Å². The third kappa shape index (κ3) is 5.47. The summed E-state index contributed by atoms with van der Waals surface area (Å²) in [6.07, 6.45) is 6.53. The Labute approximate surface area is 170 Å². The molecule has 0 aliphatic carbocycles. The molecule has 0 bridgehead atoms. The second-order valence-corrected chi connectivity index (χ2v) is 7.35. The lowest BCUT2D eigenvalue weighted by Gasteiger charge is -2.22. The Hall–Kier alpha value is -3.09. The van der Waals surface area contributed by atoms with Gasteiger partial charge in [0.05, 0.1) is 0 Å². The molecule has 1 fully saturated rings. The van der Waals surface area contributed by atoms with Gasteiger partial charge in [0.2, 0.25) is 0 Å². The highest BCUT2D eigenvalue weighted by molar-refractivity contribution is 5.99. The summed E-state index contributed by atoms with van der Waals surface area (Å²) in [5.74, 6) is -1.20. The average molecular weight is 397 g/mol. The molecular weight excluding hydrogens is 370 g/mol. The molecule has 1 aromatic carbocycles. The van der Waals surface area contributed by atoms with Gasteiger partial charge in [0, 0.05) is 43.3 Å². The van der Waals surface area contributed by atoms with E-state index in [0.29, 0.717) is 11.3 Å². The van der Waals surface area contributed by atoms with Gasteiger partial charge >= 0.3 is 5.97 Å². The molecule has 1 amide bonds. The molecule has 0 unspecified atom stereocenters. The van der Waals surface area contributed by atoms with Crippen molar-refractivity contribution in [1.29, 1.82) is 0 Å². The van der Waals surface area contributed by atoms with Crippen LogP contribution in [-0.4, -0.2) is 41.9 Å². The molecule has 154 valence electrons. The van der Waals surface area contributed by atoms with E-state index in [1.165, 1.54) is 43.2 Å². The molecule has 3 rings (SSSR count). The maximum atomic E-state index is 12.2. The molecule has 1 aliphatic heterocycles. The summed E-state index contributed by atoms with van der Waals surface area (Å²) in [4.78, 5) is 38.1. The Morgan fingerprint density at radius 1 is 1.03 bits per heavy atom. The van der Waals surface area contributed by atoms with Crippen LogP contribution in [0.5, 0.6) is 0 Å². The first kappa shape index (κ1) is 20.6. The summed E-state index contributed by atoms with van der Waals surface area (Å²) in [5, 5.41) is 2.73. The zero-order valence-electron chi connectivity index (χ0n) is 16.9. The molecular formula is C22H27N3O4. The van der Waals surface area contributed by atoms with E-state index in [4.69, 9.17) is 4.74 Å². The zero-order chi connectivity index (χ0) is 20.8. The number of carbonyl (C=O) groups is 3. The van der Waals surface area contributed by atoms with Gasteiger partial charge in [-0.1, -0.05) is 12.8 Å². The maximum Gasteiger partial charge on any atom is 0.355 e. The molecule has 2 heterocycles. The number of hydrogen-bond donors (Lipinski definition) is 1. The molecule has 7 nitrogen and oxygen atoms in total. The minimum atomic E-state index is -0.647. The van der Waals surface area contributed by atoms with Crippen molar-refractivity contribution in [2.75, 3.05) is 29.9 Å². The van der Waals surface area contributed by atoms with Crippen LogP contribution in [0.4, 0.5) is 11.4 Å². The van der Waals surface area contributed by atoms with Crippen LogP contribution in [0, 0.1) is 0 Å². The fourth-order valence-electron chi connectivity index (χ4n) is 3.45. The number of hydrogen-bond acceptors (Lipinski definition) is 5. The Kier molecular flexibility index (Phi) is 6.69. The number of nitrogens with zero attached hydrogens (tertiary/aromatic N) is 2. The lowest BCUT2D eigenvalue weighted by Crippen LogP contribution is -2.24. The van der Waals surface area contributed by atoms with Gasteiger partial charge in [0.15, 0.2) is 12.4 Å². The number of anilines is 2. The first-order chi connectivity index (χ1) is 13.9. The quantitative estimate of drug-likeness (QED) is 0.597. The van der Waals surface area contributed by atoms with Crippen molar-refractivity contribution in [3.63, 3.8) is 0 Å². The number of benzene rings is 1. The van der Waals surface area contributed by atoms with Gasteiger partial charge in [-0.2, -0.15) is 0 Å². The normalized spacial score (nSPS) is 14.2. The van der Waals surface area contributed by atoms with Crippen LogP contribution in [0.1, 0.15) is 53.5 Å². The highest BCUT2D eigenvalue weighted by Gasteiger charge is 2.17. The maximum absolute atomic E-state index is 12.2. The van der Waals surface area contributed by atoms with E-state index in [2.05, 4.69) is 10.2 Å². The molecule has 0 spiro atoms. The van der Waals surface area contributed by atoms with Crippen LogP contribution in [-0.2, 0) is 16.6 Å². The highest BCUT2D eigenvalue weighted by Crippen LogP contribution is 2.21. The Morgan fingerprint density at radius 2 is 1.69 bits per heavy atom. The predicted octanol–water partition coefficient (Wildman–Crippen LogP) is 3.40. The number of nitrogens with one attached hydrogen (secondary N) is 1. The van der Waals surface area contributed by atoms with Crippen LogP contribution >= 0.6 is 0 Å². The number of amides is 1. The van der Waals surface area contributed by atoms with Crippen molar-refractivity contribution in [2.45, 2.75) is 32.6 Å². The van der Waals surface area contributed by atoms with E-state index in [-0.39, 0.29) is 11.5 Å². The molecule has 1 saturated heterocycles. The van der Waals surface area contributed by atoms with E-state index in [1.54, 1.807) is 13.2 Å². The number of rotatable bonds is 6. The molecule has 1 aliphatic rings. The second kappa shape index (κ2) is 9.41. The minimum Gasteiger partial charge on any atom is -0.451 e. The molecule has 0 radical (unpaired) electrons. The van der Waals surface area contributed by atoms with Gasteiger partial charge in [-0.3, -0.25) is 9.59 Å². The first-order valence-corrected chi connectivity index (χ1v) is 9.93. The molecule has 2 aromatic rings. The van der Waals surface area contributed by atoms with Crippen LogP contribution < -0.4 is 10.2 Å². The van der Waals surface area contributed by atoms with Gasteiger partial charge in [0.1, 0.15) is 5.69 Å². The summed E-state index contributed by atoms with van der Waals surface area (Å²) >= 11 is 0. The number of esters is 1. The number of Topliss-reactive ketones (excluding diaryl/α,β-unsaturated/α-hetero) is 1. The summed E-state index contributed by atoms with van der Waals surface area (Å²) in [7, 11) is 1.65. The van der Waals surface area contributed by atoms with Crippen molar-refractivity contribution < 1.29 is 19.1 Å². The largest absolute Gasteiger partial charge is 0.451 e. The van der Waals surface area contributed by atoms with Crippen molar-refractivity contribution in [1.82, 2.24) is 4.57 Å². The summed E-state index contributed by atoms with van der Waals surface area (Å²) in [6.45, 7) is 3.15. The van der Waals surface area contributed by atoms with Crippen LogP contribution in [0.3, 0.4) is 0 Å². The molecule has 1 aromatic heterocycles. The van der Waals surface area contributed by atoms with Gasteiger partial charge in [-0.15, -0.1) is 0 Å². The molecule has 0 saturated carbocycles. The zero-order valence-corrected chi connectivity index (χ0v) is 16.9. The summed E-state index contributed by atoms with van der Waals surface area (Å²) in [6, 6.07) is 9.18. The number of ketones is 1. The van der Waals surface area contributed by atoms with Crippen molar-refractivity contribution in [3.05, 3.63) is 47.8 Å². The summed E-state index contributed by atoms with van der Waals surface area (Å²) in [5.41, 5.74) is 2.46. The van der Waals surface area contributed by atoms with Crippen molar-refractivity contribution in [3.8, 4) is 0 Å². The lowest BCUT2D eigenvalue weighted by molar-refractivity contribution is -0.119. The predicted molar refractivity (Wildman–Crippen MR) is 111 cm³/mol. The van der Waals surface area contributed by atoms with E-state index < -0.39 is 18.5 Å². The van der Waals surface area contributed by atoms with Crippen molar-refractivity contribution in [2.24, 2.45) is 7.05 Å². The number of aromatic nitrogens is 1.